The molecule has 0 aliphatic heterocycles. The highest BCUT2D eigenvalue weighted by Gasteiger charge is 2.33. The number of aromatic amines is 1. The molecule has 2 aromatic rings. The van der Waals surface area contributed by atoms with Crippen molar-refractivity contribution in [3.05, 3.63) is 52.3 Å². The van der Waals surface area contributed by atoms with Crippen molar-refractivity contribution in [3.8, 4) is 5.75 Å². The molecule has 5 heteroatoms. The molecule has 0 fully saturated rings. The fourth-order valence-corrected chi connectivity index (χ4v) is 3.72. The standard InChI is InChI=1S/C21H25NO4/c1-4-6-16-19-17(22-20(16)21(24)26-5-2)11-14(12-18(19)23)13-7-9-15(25-3)10-8-13/h7-10,14,22H,4-6,11-12H2,1-3H3/t14-/m1/s1. The van der Waals surface area contributed by atoms with Gasteiger partial charge in [-0.15, -0.1) is 0 Å². The van der Waals surface area contributed by atoms with Crippen LogP contribution in [0.2, 0.25) is 0 Å². The summed E-state index contributed by atoms with van der Waals surface area (Å²) in [5.41, 5.74) is 3.93. The lowest BCUT2D eigenvalue weighted by atomic mass is 9.81. The Bertz CT molecular complexity index is 804. The normalized spacial score (nSPS) is 16.3. The van der Waals surface area contributed by atoms with E-state index >= 15 is 0 Å². The van der Waals surface area contributed by atoms with Crippen LogP contribution >= 0.6 is 0 Å². The Morgan fingerprint density at radius 3 is 2.54 bits per heavy atom. The number of benzene rings is 1. The monoisotopic (exact) mass is 355 g/mol. The number of methoxy groups -OCH3 is 1. The highest BCUT2D eigenvalue weighted by atomic mass is 16.5. The molecule has 1 aliphatic carbocycles. The number of ketones is 1. The van der Waals surface area contributed by atoms with Crippen molar-refractivity contribution in [2.75, 3.05) is 13.7 Å². The Labute approximate surface area is 153 Å². The van der Waals surface area contributed by atoms with Gasteiger partial charge < -0.3 is 14.5 Å². The van der Waals surface area contributed by atoms with Gasteiger partial charge in [0.2, 0.25) is 0 Å². The van der Waals surface area contributed by atoms with Crippen LogP contribution in [0.3, 0.4) is 0 Å². The van der Waals surface area contributed by atoms with E-state index < -0.39 is 0 Å². The summed E-state index contributed by atoms with van der Waals surface area (Å²) in [6.07, 6.45) is 2.73. The Hall–Kier alpha value is -2.56. The van der Waals surface area contributed by atoms with Crippen LogP contribution < -0.4 is 4.74 Å². The first-order valence-electron chi connectivity index (χ1n) is 9.16. The lowest BCUT2D eigenvalue weighted by molar-refractivity contribution is 0.0518. The van der Waals surface area contributed by atoms with E-state index in [1.54, 1.807) is 14.0 Å². The van der Waals surface area contributed by atoms with E-state index in [1.165, 1.54) is 0 Å². The third kappa shape index (κ3) is 3.39. The molecule has 1 aromatic carbocycles. The van der Waals surface area contributed by atoms with E-state index in [2.05, 4.69) is 4.98 Å². The minimum Gasteiger partial charge on any atom is -0.497 e. The molecule has 0 amide bonds. The number of fused-ring (bicyclic) bond motifs is 1. The van der Waals surface area contributed by atoms with Gasteiger partial charge >= 0.3 is 5.97 Å². The number of ether oxygens (including phenoxy) is 2. The van der Waals surface area contributed by atoms with Gasteiger partial charge in [-0.25, -0.2) is 4.79 Å². The largest absolute Gasteiger partial charge is 0.497 e. The van der Waals surface area contributed by atoms with E-state index in [4.69, 9.17) is 9.47 Å². The second kappa shape index (κ2) is 7.77. The Kier molecular flexibility index (Phi) is 5.45. The molecule has 1 aliphatic rings. The second-order valence-electron chi connectivity index (χ2n) is 6.60. The maximum atomic E-state index is 12.9. The lowest BCUT2D eigenvalue weighted by Gasteiger charge is -2.22. The van der Waals surface area contributed by atoms with Crippen molar-refractivity contribution in [2.45, 2.75) is 45.4 Å². The quantitative estimate of drug-likeness (QED) is 0.793. The fourth-order valence-electron chi connectivity index (χ4n) is 3.72. The number of hydrogen-bond acceptors (Lipinski definition) is 4. The maximum absolute atomic E-state index is 12.9. The molecule has 3 rings (SSSR count). The topological polar surface area (TPSA) is 68.4 Å². The number of H-pyrrole nitrogens is 1. The van der Waals surface area contributed by atoms with Crippen molar-refractivity contribution in [2.24, 2.45) is 0 Å². The number of carbonyl (C=O) groups excluding carboxylic acids is 2. The van der Waals surface area contributed by atoms with E-state index in [0.717, 1.165) is 29.0 Å². The zero-order valence-corrected chi connectivity index (χ0v) is 15.6. The second-order valence-corrected chi connectivity index (χ2v) is 6.60. The predicted molar refractivity (Wildman–Crippen MR) is 99.1 cm³/mol. The molecular formula is C21H25NO4. The minimum absolute atomic E-state index is 0.0994. The number of Topliss-reactive ketones (excluding diaryl/α,β-unsaturated/α-hetero) is 1. The van der Waals surface area contributed by atoms with Gasteiger partial charge in [0.05, 0.1) is 13.7 Å². The molecule has 138 valence electrons. The number of aromatic nitrogens is 1. The Balaban J connectivity index is 1.95. The molecular weight excluding hydrogens is 330 g/mol. The van der Waals surface area contributed by atoms with Gasteiger partial charge in [0.1, 0.15) is 11.4 Å². The summed E-state index contributed by atoms with van der Waals surface area (Å²) in [5.74, 6) is 0.622. The molecule has 0 bridgehead atoms. The summed E-state index contributed by atoms with van der Waals surface area (Å²) < 4.78 is 10.4. The number of carbonyl (C=O) groups is 2. The van der Waals surface area contributed by atoms with Crippen LogP contribution in [0.15, 0.2) is 24.3 Å². The first kappa shape index (κ1) is 18.2. The zero-order chi connectivity index (χ0) is 18.7. The van der Waals surface area contributed by atoms with Crippen LogP contribution in [-0.2, 0) is 17.6 Å². The van der Waals surface area contributed by atoms with Crippen LogP contribution in [0.25, 0.3) is 0 Å². The summed E-state index contributed by atoms with van der Waals surface area (Å²) in [6, 6.07) is 7.83. The SMILES string of the molecule is CCCc1c(C(=O)OCC)[nH]c2c1C(=O)C[C@H](c1ccc(OC)cc1)C2. The minimum atomic E-state index is -0.376. The fraction of sp³-hybridized carbons (Fsp3) is 0.429. The van der Waals surface area contributed by atoms with Gasteiger partial charge in [0.15, 0.2) is 5.78 Å². The average Bonchev–Trinajstić information content (AvgIpc) is 3.01. The summed E-state index contributed by atoms with van der Waals surface area (Å²) >= 11 is 0. The molecule has 26 heavy (non-hydrogen) atoms. The molecule has 1 atom stereocenters. The predicted octanol–water partition coefficient (Wildman–Crippen LogP) is 4.07. The third-order valence-electron chi connectivity index (χ3n) is 4.91. The first-order valence-corrected chi connectivity index (χ1v) is 9.16. The smallest absolute Gasteiger partial charge is 0.355 e. The molecule has 0 unspecified atom stereocenters. The van der Waals surface area contributed by atoms with Gasteiger partial charge in [0, 0.05) is 17.7 Å². The molecule has 5 nitrogen and oxygen atoms in total. The number of esters is 1. The van der Waals surface area contributed by atoms with E-state index in [1.807, 2.05) is 31.2 Å². The molecule has 1 N–H and O–H groups in total. The zero-order valence-electron chi connectivity index (χ0n) is 15.6. The van der Waals surface area contributed by atoms with Crippen LogP contribution in [0.5, 0.6) is 5.75 Å². The average molecular weight is 355 g/mol. The van der Waals surface area contributed by atoms with Crippen LogP contribution in [-0.4, -0.2) is 30.5 Å². The Morgan fingerprint density at radius 1 is 1.19 bits per heavy atom. The highest BCUT2D eigenvalue weighted by Crippen LogP contribution is 2.36. The van der Waals surface area contributed by atoms with Crippen molar-refractivity contribution in [3.63, 3.8) is 0 Å². The van der Waals surface area contributed by atoms with Crippen molar-refractivity contribution in [1.82, 2.24) is 4.98 Å². The summed E-state index contributed by atoms with van der Waals surface area (Å²) in [6.45, 7) is 4.14. The van der Waals surface area contributed by atoms with Crippen LogP contribution in [0.4, 0.5) is 0 Å². The van der Waals surface area contributed by atoms with E-state index in [-0.39, 0.29) is 17.7 Å². The number of nitrogens with one attached hydrogen (secondary N) is 1. The van der Waals surface area contributed by atoms with Gasteiger partial charge in [0.25, 0.3) is 0 Å². The van der Waals surface area contributed by atoms with Crippen LogP contribution in [0, 0.1) is 0 Å². The number of hydrogen-bond donors (Lipinski definition) is 1. The van der Waals surface area contributed by atoms with E-state index in [0.29, 0.717) is 37.1 Å². The molecule has 0 saturated carbocycles. The number of rotatable bonds is 6. The van der Waals surface area contributed by atoms with Crippen molar-refractivity contribution < 1.29 is 19.1 Å². The third-order valence-corrected chi connectivity index (χ3v) is 4.91. The molecule has 0 radical (unpaired) electrons. The summed E-state index contributed by atoms with van der Waals surface area (Å²) in [4.78, 5) is 28.4. The maximum Gasteiger partial charge on any atom is 0.355 e. The molecule has 1 aromatic heterocycles. The highest BCUT2D eigenvalue weighted by molar-refractivity contribution is 6.03. The van der Waals surface area contributed by atoms with Crippen LogP contribution in [0.1, 0.15) is 70.3 Å². The van der Waals surface area contributed by atoms with Gasteiger partial charge in [-0.05, 0) is 48.9 Å². The van der Waals surface area contributed by atoms with Crippen molar-refractivity contribution in [1.29, 1.82) is 0 Å². The first-order chi connectivity index (χ1) is 12.6. The van der Waals surface area contributed by atoms with Crippen molar-refractivity contribution >= 4 is 11.8 Å². The van der Waals surface area contributed by atoms with E-state index in [9.17, 15) is 9.59 Å². The van der Waals surface area contributed by atoms with Gasteiger partial charge in [-0.1, -0.05) is 25.5 Å². The summed E-state index contributed by atoms with van der Waals surface area (Å²) in [7, 11) is 1.64. The van der Waals surface area contributed by atoms with Gasteiger partial charge in [-0.2, -0.15) is 0 Å². The molecule has 1 heterocycles. The molecule has 0 spiro atoms. The Morgan fingerprint density at radius 2 is 1.92 bits per heavy atom. The van der Waals surface area contributed by atoms with Gasteiger partial charge in [-0.3, -0.25) is 4.79 Å². The summed E-state index contributed by atoms with van der Waals surface area (Å²) in [5, 5.41) is 0. The molecule has 0 saturated heterocycles. The lowest BCUT2D eigenvalue weighted by Crippen LogP contribution is -2.19.